The Balaban J connectivity index is 0.000000317. The van der Waals surface area contributed by atoms with Crippen LogP contribution in [-0.2, 0) is 25.2 Å². The molecular weight excluding hydrogens is 577 g/mol. The molecule has 0 saturated heterocycles. The molecule has 41 heavy (non-hydrogen) atoms. The molecule has 2 aromatic carbocycles. The van der Waals surface area contributed by atoms with Crippen molar-refractivity contribution < 1.29 is 47.8 Å². The van der Waals surface area contributed by atoms with Gasteiger partial charge < -0.3 is 24.4 Å². The number of pyridine rings is 1. The summed E-state index contributed by atoms with van der Waals surface area (Å²) in [5.74, 6) is -0.384. The first-order chi connectivity index (χ1) is 19.0. The van der Waals surface area contributed by atoms with E-state index in [4.69, 9.17) is 30.9 Å². The van der Waals surface area contributed by atoms with Crippen molar-refractivity contribution in [2.45, 2.75) is 52.9 Å². The van der Waals surface area contributed by atoms with E-state index in [-0.39, 0.29) is 34.5 Å². The Morgan fingerprint density at radius 3 is 2.07 bits per heavy atom. The van der Waals surface area contributed by atoms with Gasteiger partial charge in [0.25, 0.3) is 0 Å². The molecule has 0 atom stereocenters. The van der Waals surface area contributed by atoms with Crippen LogP contribution in [0.5, 0.6) is 11.5 Å². The molecule has 0 spiro atoms. The van der Waals surface area contributed by atoms with Gasteiger partial charge in [-0.3, -0.25) is 19.1 Å². The highest BCUT2D eigenvalue weighted by atomic mass is 35.5. The van der Waals surface area contributed by atoms with Gasteiger partial charge in [-0.2, -0.15) is 0 Å². The highest BCUT2D eigenvalue weighted by Gasteiger charge is 2.32. The average molecular weight is 608 g/mol. The summed E-state index contributed by atoms with van der Waals surface area (Å²) in [7, 11) is -4.61. The average Bonchev–Trinajstić information content (AvgIpc) is 2.89. The molecule has 0 unspecified atom stereocenters. The van der Waals surface area contributed by atoms with Crippen LogP contribution in [-0.4, -0.2) is 49.6 Å². The fraction of sp³-hybridized carbons (Fsp3) is 0.286. The fourth-order valence-corrected chi connectivity index (χ4v) is 3.62. The van der Waals surface area contributed by atoms with Crippen LogP contribution in [0.2, 0.25) is 5.02 Å². The summed E-state index contributed by atoms with van der Waals surface area (Å²) in [4.78, 5) is 55.9. The number of hydrogen-bond acceptors (Lipinski definition) is 9. The van der Waals surface area contributed by atoms with Crippen molar-refractivity contribution in [2.24, 2.45) is 0 Å². The number of ether oxygens (including phenoxy) is 2. The SMILES string of the molecule is CC(C)OC(=O)C(C)(C)Oc1ccc(C(=O)c2ccc(Cl)cc2)cc1.Cc1ncc(COP(=O)(O)O)c(C=O)c1O. The quantitative estimate of drug-likeness (QED) is 0.120. The van der Waals surface area contributed by atoms with E-state index >= 15 is 0 Å². The summed E-state index contributed by atoms with van der Waals surface area (Å²) in [6, 6.07) is 13.4. The molecule has 1 aromatic heterocycles. The van der Waals surface area contributed by atoms with Gasteiger partial charge in [0.2, 0.25) is 0 Å². The van der Waals surface area contributed by atoms with E-state index in [1.165, 1.54) is 13.1 Å². The summed E-state index contributed by atoms with van der Waals surface area (Å²) in [5.41, 5.74) is 0.243. The van der Waals surface area contributed by atoms with Gasteiger partial charge >= 0.3 is 13.8 Å². The zero-order chi connectivity index (χ0) is 31.0. The molecule has 1 heterocycles. The number of rotatable bonds is 10. The normalized spacial score (nSPS) is 11.3. The maximum Gasteiger partial charge on any atom is 0.469 e. The minimum Gasteiger partial charge on any atom is -0.505 e. The molecule has 0 fully saturated rings. The molecule has 0 bridgehead atoms. The summed E-state index contributed by atoms with van der Waals surface area (Å²) < 4.78 is 25.6. The lowest BCUT2D eigenvalue weighted by Gasteiger charge is -2.25. The maximum absolute atomic E-state index is 12.4. The summed E-state index contributed by atoms with van der Waals surface area (Å²) in [6.45, 7) is 7.85. The van der Waals surface area contributed by atoms with Crippen molar-refractivity contribution in [3.8, 4) is 11.5 Å². The van der Waals surface area contributed by atoms with Crippen LogP contribution in [0, 0.1) is 6.92 Å². The summed E-state index contributed by atoms with van der Waals surface area (Å²) in [5, 5.41) is 10.0. The number of nitrogens with zero attached hydrogens (tertiary/aromatic N) is 1. The number of esters is 1. The van der Waals surface area contributed by atoms with Crippen LogP contribution in [0.15, 0.2) is 54.7 Å². The van der Waals surface area contributed by atoms with Crippen molar-refractivity contribution >= 4 is 37.5 Å². The van der Waals surface area contributed by atoms with Crippen LogP contribution in [0.1, 0.15) is 65.2 Å². The highest BCUT2D eigenvalue weighted by molar-refractivity contribution is 7.46. The van der Waals surface area contributed by atoms with Gasteiger partial charge in [-0.15, -0.1) is 0 Å². The number of ketones is 1. The van der Waals surface area contributed by atoms with E-state index in [0.29, 0.717) is 28.2 Å². The molecule has 0 saturated carbocycles. The van der Waals surface area contributed by atoms with Crippen LogP contribution in [0.3, 0.4) is 0 Å². The van der Waals surface area contributed by atoms with Crippen molar-refractivity contribution in [2.75, 3.05) is 0 Å². The number of carbonyl (C=O) groups is 3. The van der Waals surface area contributed by atoms with Gasteiger partial charge in [-0.05, 0) is 83.1 Å². The van der Waals surface area contributed by atoms with E-state index in [1.54, 1.807) is 76.2 Å². The number of hydrogen-bond donors (Lipinski definition) is 3. The minimum atomic E-state index is -4.61. The number of aromatic hydroxyl groups is 1. The molecule has 3 aromatic rings. The van der Waals surface area contributed by atoms with E-state index < -0.39 is 26.0 Å². The Morgan fingerprint density at radius 1 is 1.05 bits per heavy atom. The fourth-order valence-electron chi connectivity index (χ4n) is 3.19. The number of halogens is 1. The summed E-state index contributed by atoms with van der Waals surface area (Å²) in [6.07, 6.45) is 1.38. The second-order valence-corrected chi connectivity index (χ2v) is 11.1. The molecule has 3 N–H and O–H groups in total. The Labute approximate surface area is 242 Å². The summed E-state index contributed by atoms with van der Waals surface area (Å²) >= 11 is 5.84. The van der Waals surface area contributed by atoms with E-state index in [9.17, 15) is 24.1 Å². The van der Waals surface area contributed by atoms with Gasteiger partial charge in [-0.1, -0.05) is 11.6 Å². The largest absolute Gasteiger partial charge is 0.505 e. The number of carbonyl (C=O) groups excluding carboxylic acids is 3. The van der Waals surface area contributed by atoms with Gasteiger partial charge in [0.1, 0.15) is 11.5 Å². The first-order valence-electron chi connectivity index (χ1n) is 12.2. The zero-order valence-corrected chi connectivity index (χ0v) is 24.7. The number of aromatic nitrogens is 1. The molecule has 13 heteroatoms. The maximum atomic E-state index is 12.4. The molecule has 11 nitrogen and oxygen atoms in total. The van der Waals surface area contributed by atoms with E-state index in [0.717, 1.165) is 0 Å². The molecular formula is C28H31ClNO10P. The number of aryl methyl sites for hydroxylation is 1. The molecule has 0 aliphatic rings. The van der Waals surface area contributed by atoms with Crippen LogP contribution >= 0.6 is 19.4 Å². The topological polar surface area (TPSA) is 170 Å². The third-order valence-corrected chi connectivity index (χ3v) is 6.01. The standard InChI is InChI=1S/C20H21ClO4.C8H10NO6P/c1-13(2)24-19(23)20(3,4)25-17-11-7-15(8-12-17)18(22)14-5-9-16(21)10-6-14;1-5-8(11)7(3-10)6(2-9-5)4-15-16(12,13)14/h5-13H,1-4H3;2-3,11H,4H2,1H3,(H2,12,13,14). The van der Waals surface area contributed by atoms with Gasteiger partial charge in [0.05, 0.1) is 24.0 Å². The lowest BCUT2D eigenvalue weighted by Crippen LogP contribution is -2.40. The Bertz CT molecular complexity index is 1420. The number of benzene rings is 2. The predicted molar refractivity (Wildman–Crippen MR) is 150 cm³/mol. The molecule has 220 valence electrons. The first-order valence-corrected chi connectivity index (χ1v) is 14.1. The second-order valence-electron chi connectivity index (χ2n) is 9.44. The first kappa shape index (κ1) is 33.6. The van der Waals surface area contributed by atoms with Crippen LogP contribution in [0.25, 0.3) is 0 Å². The van der Waals surface area contributed by atoms with E-state index in [1.807, 2.05) is 0 Å². The third kappa shape index (κ3) is 10.4. The van der Waals surface area contributed by atoms with Crippen molar-refractivity contribution in [3.05, 3.63) is 87.7 Å². The van der Waals surface area contributed by atoms with Crippen LogP contribution < -0.4 is 4.74 Å². The Morgan fingerprint density at radius 2 is 1.59 bits per heavy atom. The zero-order valence-electron chi connectivity index (χ0n) is 23.0. The Hall–Kier alpha value is -3.60. The van der Waals surface area contributed by atoms with Crippen molar-refractivity contribution in [3.63, 3.8) is 0 Å². The number of phosphoric ester groups is 1. The smallest absolute Gasteiger partial charge is 0.469 e. The van der Waals surface area contributed by atoms with Crippen molar-refractivity contribution in [1.29, 1.82) is 0 Å². The highest BCUT2D eigenvalue weighted by Crippen LogP contribution is 2.37. The van der Waals surface area contributed by atoms with E-state index in [2.05, 4.69) is 9.51 Å². The second kappa shape index (κ2) is 14.3. The molecule has 0 radical (unpaired) electrons. The number of phosphoric acid groups is 1. The Kier molecular flexibility index (Phi) is 11.8. The minimum absolute atomic E-state index is 0.0825. The molecule has 0 aliphatic heterocycles. The van der Waals surface area contributed by atoms with Gasteiger partial charge in [0, 0.05) is 27.9 Å². The third-order valence-electron chi connectivity index (χ3n) is 5.29. The number of aldehydes is 1. The van der Waals surface area contributed by atoms with Crippen molar-refractivity contribution in [1.82, 2.24) is 4.98 Å². The molecule has 0 amide bonds. The lowest BCUT2D eigenvalue weighted by atomic mass is 10.0. The van der Waals surface area contributed by atoms with Crippen LogP contribution in [0.4, 0.5) is 0 Å². The van der Waals surface area contributed by atoms with Gasteiger partial charge in [-0.25, -0.2) is 9.36 Å². The van der Waals surface area contributed by atoms with Gasteiger partial charge in [0.15, 0.2) is 17.7 Å². The molecule has 0 aliphatic carbocycles. The predicted octanol–water partition coefficient (Wildman–Crippen LogP) is 5.20. The monoisotopic (exact) mass is 607 g/mol. The lowest BCUT2D eigenvalue weighted by molar-refractivity contribution is -0.163. The molecule has 3 rings (SSSR count).